The second-order valence-electron chi connectivity index (χ2n) is 5.69. The maximum atomic E-state index is 5.49. The van der Waals surface area contributed by atoms with E-state index in [4.69, 9.17) is 4.42 Å². The summed E-state index contributed by atoms with van der Waals surface area (Å²) in [5, 5.41) is 14.4. The zero-order valence-corrected chi connectivity index (χ0v) is 10.9. The molecule has 0 aromatic carbocycles. The number of nitrogens with zero attached hydrogens (tertiary/aromatic N) is 2. The molecule has 1 heterocycles. The van der Waals surface area contributed by atoms with Crippen molar-refractivity contribution in [2.45, 2.75) is 40.2 Å². The Morgan fingerprint density at radius 3 is 2.76 bits per heavy atom. The molecular weight excluding hydrogens is 216 g/mol. The highest BCUT2D eigenvalue weighted by atomic mass is 16.4. The van der Waals surface area contributed by atoms with Crippen LogP contribution in [0, 0.1) is 11.3 Å². The molecule has 1 fully saturated rings. The summed E-state index contributed by atoms with van der Waals surface area (Å²) in [5.74, 6) is 1.28. The normalized spacial score (nSPS) is 17.4. The molecule has 1 aliphatic rings. The van der Waals surface area contributed by atoms with Gasteiger partial charge in [-0.2, -0.15) is 0 Å². The third kappa shape index (κ3) is 4.00. The molecule has 96 valence electrons. The molecule has 0 saturated heterocycles. The number of rotatable bonds is 7. The molecular formula is C12H22N4O. The van der Waals surface area contributed by atoms with Crippen molar-refractivity contribution in [3.05, 3.63) is 5.89 Å². The average molecular weight is 238 g/mol. The molecule has 0 unspecified atom stereocenters. The highest BCUT2D eigenvalue weighted by Crippen LogP contribution is 2.44. The zero-order chi connectivity index (χ0) is 12.3. The van der Waals surface area contributed by atoms with Gasteiger partial charge in [-0.05, 0) is 30.7 Å². The molecule has 1 aromatic rings. The van der Waals surface area contributed by atoms with Crippen molar-refractivity contribution in [2.24, 2.45) is 11.3 Å². The Bertz CT molecular complexity index is 357. The zero-order valence-electron chi connectivity index (χ0n) is 10.9. The van der Waals surface area contributed by atoms with Gasteiger partial charge in [-0.25, -0.2) is 0 Å². The summed E-state index contributed by atoms with van der Waals surface area (Å²) < 4.78 is 5.49. The molecule has 2 rings (SSSR count). The summed E-state index contributed by atoms with van der Waals surface area (Å²) in [6.45, 7) is 9.14. The minimum absolute atomic E-state index is 0.449. The fourth-order valence-electron chi connectivity index (χ4n) is 1.54. The van der Waals surface area contributed by atoms with Crippen molar-refractivity contribution >= 4 is 6.01 Å². The summed E-state index contributed by atoms with van der Waals surface area (Å²) in [6.07, 6.45) is 2.58. The summed E-state index contributed by atoms with van der Waals surface area (Å²) in [7, 11) is 0. The van der Waals surface area contributed by atoms with Gasteiger partial charge in [-0.3, -0.25) is 0 Å². The van der Waals surface area contributed by atoms with E-state index in [0.717, 1.165) is 13.1 Å². The van der Waals surface area contributed by atoms with E-state index in [1.807, 2.05) is 0 Å². The van der Waals surface area contributed by atoms with E-state index in [1.54, 1.807) is 0 Å². The first kappa shape index (κ1) is 12.4. The standard InChI is InChI=1S/C12H22N4O/c1-9(2)6-13-7-10-15-16-11(17-10)14-8-12(3)4-5-12/h9,13H,4-8H2,1-3H3,(H,14,16). The van der Waals surface area contributed by atoms with Gasteiger partial charge in [0.05, 0.1) is 6.54 Å². The molecule has 5 heteroatoms. The Kier molecular flexibility index (Phi) is 3.66. The molecule has 1 aromatic heterocycles. The Hall–Kier alpha value is -1.10. The van der Waals surface area contributed by atoms with Gasteiger partial charge in [-0.1, -0.05) is 25.9 Å². The monoisotopic (exact) mass is 238 g/mol. The van der Waals surface area contributed by atoms with Crippen LogP contribution in [0.4, 0.5) is 6.01 Å². The first-order valence-electron chi connectivity index (χ1n) is 6.34. The molecule has 0 radical (unpaired) electrons. The number of aromatic nitrogens is 2. The van der Waals surface area contributed by atoms with E-state index in [1.165, 1.54) is 12.8 Å². The van der Waals surface area contributed by atoms with Crippen molar-refractivity contribution in [1.29, 1.82) is 0 Å². The molecule has 1 aliphatic carbocycles. The van der Waals surface area contributed by atoms with Crippen LogP contribution in [0.15, 0.2) is 4.42 Å². The lowest BCUT2D eigenvalue weighted by Gasteiger charge is -2.06. The lowest BCUT2D eigenvalue weighted by molar-refractivity contribution is 0.455. The SMILES string of the molecule is CC(C)CNCc1nnc(NCC2(C)CC2)o1. The van der Waals surface area contributed by atoms with Gasteiger partial charge in [-0.15, -0.1) is 5.10 Å². The van der Waals surface area contributed by atoms with E-state index < -0.39 is 0 Å². The van der Waals surface area contributed by atoms with Crippen LogP contribution < -0.4 is 10.6 Å². The minimum Gasteiger partial charge on any atom is -0.407 e. The smallest absolute Gasteiger partial charge is 0.315 e. The molecule has 0 atom stereocenters. The molecule has 0 amide bonds. The Balaban J connectivity index is 1.71. The van der Waals surface area contributed by atoms with Gasteiger partial charge in [0.1, 0.15) is 0 Å². The maximum absolute atomic E-state index is 5.49. The van der Waals surface area contributed by atoms with E-state index in [2.05, 4.69) is 41.6 Å². The van der Waals surface area contributed by atoms with Crippen molar-refractivity contribution in [2.75, 3.05) is 18.4 Å². The predicted octanol–water partition coefficient (Wildman–Crippen LogP) is 2.03. The lowest BCUT2D eigenvalue weighted by Crippen LogP contribution is -2.19. The second kappa shape index (κ2) is 5.04. The Morgan fingerprint density at radius 1 is 1.35 bits per heavy atom. The number of nitrogens with one attached hydrogen (secondary N) is 2. The fourth-order valence-corrected chi connectivity index (χ4v) is 1.54. The Labute approximate surface area is 102 Å². The highest BCUT2D eigenvalue weighted by Gasteiger charge is 2.37. The fraction of sp³-hybridized carbons (Fsp3) is 0.833. The van der Waals surface area contributed by atoms with E-state index in [-0.39, 0.29) is 0 Å². The molecule has 0 aliphatic heterocycles. The summed E-state index contributed by atoms with van der Waals surface area (Å²) in [4.78, 5) is 0. The van der Waals surface area contributed by atoms with Crippen LogP contribution in [-0.2, 0) is 6.54 Å². The van der Waals surface area contributed by atoms with Gasteiger partial charge in [0.15, 0.2) is 0 Å². The highest BCUT2D eigenvalue weighted by molar-refractivity contribution is 5.19. The van der Waals surface area contributed by atoms with Gasteiger partial charge in [0.25, 0.3) is 0 Å². The van der Waals surface area contributed by atoms with Gasteiger partial charge in [0.2, 0.25) is 5.89 Å². The third-order valence-electron chi connectivity index (χ3n) is 3.07. The van der Waals surface area contributed by atoms with E-state index in [9.17, 15) is 0 Å². The summed E-state index contributed by atoms with van der Waals surface area (Å²) in [6, 6.07) is 0.541. The molecule has 17 heavy (non-hydrogen) atoms. The summed E-state index contributed by atoms with van der Waals surface area (Å²) >= 11 is 0. The van der Waals surface area contributed by atoms with Gasteiger partial charge >= 0.3 is 6.01 Å². The van der Waals surface area contributed by atoms with Gasteiger partial charge in [0, 0.05) is 6.54 Å². The van der Waals surface area contributed by atoms with Crippen molar-refractivity contribution < 1.29 is 4.42 Å². The molecule has 0 spiro atoms. The minimum atomic E-state index is 0.449. The summed E-state index contributed by atoms with van der Waals surface area (Å²) in [5.41, 5.74) is 0.449. The van der Waals surface area contributed by atoms with Gasteiger partial charge < -0.3 is 15.1 Å². The molecule has 0 bridgehead atoms. The van der Waals surface area contributed by atoms with Crippen LogP contribution in [0.5, 0.6) is 0 Å². The van der Waals surface area contributed by atoms with E-state index in [0.29, 0.717) is 29.8 Å². The van der Waals surface area contributed by atoms with Crippen molar-refractivity contribution in [3.8, 4) is 0 Å². The number of hydrogen-bond acceptors (Lipinski definition) is 5. The van der Waals surface area contributed by atoms with E-state index >= 15 is 0 Å². The largest absolute Gasteiger partial charge is 0.407 e. The second-order valence-corrected chi connectivity index (χ2v) is 5.69. The van der Waals surface area contributed by atoms with Crippen LogP contribution in [0.3, 0.4) is 0 Å². The first-order chi connectivity index (χ1) is 8.07. The molecule has 5 nitrogen and oxygen atoms in total. The average Bonchev–Trinajstić information content (AvgIpc) is 2.84. The molecule has 1 saturated carbocycles. The maximum Gasteiger partial charge on any atom is 0.315 e. The number of anilines is 1. The van der Waals surface area contributed by atoms with Crippen molar-refractivity contribution in [1.82, 2.24) is 15.5 Å². The first-order valence-corrected chi connectivity index (χ1v) is 6.34. The quantitative estimate of drug-likeness (QED) is 0.761. The van der Waals surface area contributed by atoms with Crippen LogP contribution >= 0.6 is 0 Å². The van der Waals surface area contributed by atoms with Crippen LogP contribution in [0.1, 0.15) is 39.5 Å². The predicted molar refractivity (Wildman–Crippen MR) is 66.7 cm³/mol. The van der Waals surface area contributed by atoms with Crippen LogP contribution in [0.2, 0.25) is 0 Å². The third-order valence-corrected chi connectivity index (χ3v) is 3.07. The van der Waals surface area contributed by atoms with Crippen LogP contribution in [-0.4, -0.2) is 23.3 Å². The molecule has 2 N–H and O–H groups in total. The van der Waals surface area contributed by atoms with Crippen molar-refractivity contribution in [3.63, 3.8) is 0 Å². The lowest BCUT2D eigenvalue weighted by atomic mass is 10.1. The topological polar surface area (TPSA) is 63.0 Å². The Morgan fingerprint density at radius 2 is 2.12 bits per heavy atom. The van der Waals surface area contributed by atoms with Crippen LogP contribution in [0.25, 0.3) is 0 Å². The number of hydrogen-bond donors (Lipinski definition) is 2.